The maximum absolute atomic E-state index is 14.1. The Morgan fingerprint density at radius 3 is 2.52 bits per heavy atom. The minimum atomic E-state index is -0.835. The zero-order chi connectivity index (χ0) is 17.0. The van der Waals surface area contributed by atoms with Gasteiger partial charge in [-0.15, -0.1) is 0 Å². The second-order valence-corrected chi connectivity index (χ2v) is 5.95. The van der Waals surface area contributed by atoms with Crippen molar-refractivity contribution in [3.8, 4) is 0 Å². The number of nitrogens with zero attached hydrogens (tertiary/aromatic N) is 1. The number of nitrogens with one attached hydrogen (secondary N) is 1. The van der Waals surface area contributed by atoms with E-state index in [0.717, 1.165) is 17.8 Å². The van der Waals surface area contributed by atoms with Crippen LogP contribution in [0, 0.1) is 15.9 Å². The van der Waals surface area contributed by atoms with Gasteiger partial charge in [0.15, 0.2) is 10.8 Å². The Morgan fingerprint density at radius 1 is 1.30 bits per heavy atom. The number of carbonyl (C=O) groups is 1. The van der Waals surface area contributed by atoms with Crippen LogP contribution in [0.5, 0.6) is 0 Å². The first-order valence-corrected chi connectivity index (χ1v) is 7.82. The highest BCUT2D eigenvalue weighted by molar-refractivity contribution is 7.99. The van der Waals surface area contributed by atoms with Gasteiger partial charge in [0.05, 0.1) is 9.82 Å². The van der Waals surface area contributed by atoms with Crippen molar-refractivity contribution >= 4 is 35.0 Å². The fourth-order valence-electron chi connectivity index (χ4n) is 1.81. The van der Waals surface area contributed by atoms with Crippen molar-refractivity contribution < 1.29 is 14.1 Å². The summed E-state index contributed by atoms with van der Waals surface area (Å²) < 4.78 is 14.1. The predicted octanol–water partition coefficient (Wildman–Crippen LogP) is 4.29. The highest BCUT2D eigenvalue weighted by Crippen LogP contribution is 2.37. The predicted molar refractivity (Wildman–Crippen MR) is 86.6 cm³/mol. The Hall–Kier alpha value is -2.12. The average Bonchev–Trinajstić information content (AvgIpc) is 2.52. The molecule has 8 heteroatoms. The van der Waals surface area contributed by atoms with E-state index in [2.05, 4.69) is 5.32 Å². The van der Waals surface area contributed by atoms with Gasteiger partial charge in [0.2, 0.25) is 0 Å². The zero-order valence-electron chi connectivity index (χ0n) is 12.0. The van der Waals surface area contributed by atoms with E-state index in [1.165, 1.54) is 6.07 Å². The maximum Gasteiger partial charge on any atom is 0.290 e. The molecule has 120 valence electrons. The minimum absolute atomic E-state index is 0.173. The van der Waals surface area contributed by atoms with Crippen molar-refractivity contribution in [2.24, 2.45) is 0 Å². The van der Waals surface area contributed by atoms with Crippen LogP contribution in [0.25, 0.3) is 0 Å². The molecular formula is C15H12ClFN2O3S. The van der Waals surface area contributed by atoms with Gasteiger partial charge in [-0.3, -0.25) is 14.9 Å². The van der Waals surface area contributed by atoms with Crippen LogP contribution in [0.4, 0.5) is 10.1 Å². The lowest BCUT2D eigenvalue weighted by Crippen LogP contribution is -2.22. The number of hydrogen-bond acceptors (Lipinski definition) is 4. The van der Waals surface area contributed by atoms with Crippen molar-refractivity contribution in [2.75, 3.05) is 6.54 Å². The lowest BCUT2D eigenvalue weighted by Gasteiger charge is -2.06. The van der Waals surface area contributed by atoms with Crippen molar-refractivity contribution in [1.82, 2.24) is 5.32 Å². The number of amides is 1. The van der Waals surface area contributed by atoms with E-state index in [9.17, 15) is 19.3 Å². The number of benzene rings is 2. The van der Waals surface area contributed by atoms with E-state index in [4.69, 9.17) is 11.6 Å². The van der Waals surface area contributed by atoms with Gasteiger partial charge in [0.25, 0.3) is 11.6 Å². The normalized spacial score (nSPS) is 10.4. The molecule has 0 spiro atoms. The van der Waals surface area contributed by atoms with Crippen LogP contribution in [0.2, 0.25) is 5.02 Å². The number of hydrogen-bond donors (Lipinski definition) is 1. The molecule has 1 amide bonds. The van der Waals surface area contributed by atoms with Crippen LogP contribution in [-0.2, 0) is 0 Å². The summed E-state index contributed by atoms with van der Waals surface area (Å²) in [4.78, 5) is 22.5. The van der Waals surface area contributed by atoms with Gasteiger partial charge in [-0.05, 0) is 37.3 Å². The standard InChI is InChI=1S/C15H12ClFN2O3S/c1-2-18-15(20)9-3-5-10(6-4-9)23-12-8-7-11(19(21)22)13(16)14(12)17/h3-8H,2H2,1H3,(H,18,20). The average molecular weight is 355 g/mol. The molecule has 0 bridgehead atoms. The van der Waals surface area contributed by atoms with Gasteiger partial charge in [-0.1, -0.05) is 23.4 Å². The first kappa shape index (κ1) is 17.2. The third-order valence-electron chi connectivity index (χ3n) is 2.90. The molecule has 0 saturated carbocycles. The van der Waals surface area contributed by atoms with E-state index in [-0.39, 0.29) is 10.8 Å². The number of halogens is 2. The van der Waals surface area contributed by atoms with Crippen LogP contribution in [0.3, 0.4) is 0 Å². The first-order chi connectivity index (χ1) is 10.9. The molecule has 1 N–H and O–H groups in total. The van der Waals surface area contributed by atoms with Gasteiger partial charge in [-0.25, -0.2) is 4.39 Å². The van der Waals surface area contributed by atoms with Crippen LogP contribution < -0.4 is 5.32 Å². The minimum Gasteiger partial charge on any atom is -0.352 e. The Bertz CT molecular complexity index is 753. The molecule has 2 aromatic rings. The molecule has 0 radical (unpaired) electrons. The quantitative estimate of drug-likeness (QED) is 0.642. The Morgan fingerprint density at radius 2 is 1.96 bits per heavy atom. The summed E-state index contributed by atoms with van der Waals surface area (Å²) in [5, 5.41) is 12.9. The van der Waals surface area contributed by atoms with E-state index in [0.29, 0.717) is 17.0 Å². The van der Waals surface area contributed by atoms with Gasteiger partial charge >= 0.3 is 0 Å². The monoisotopic (exact) mass is 354 g/mol. The topological polar surface area (TPSA) is 72.2 Å². The molecule has 23 heavy (non-hydrogen) atoms. The van der Waals surface area contributed by atoms with E-state index < -0.39 is 21.5 Å². The molecular weight excluding hydrogens is 343 g/mol. The van der Waals surface area contributed by atoms with Gasteiger partial charge in [0.1, 0.15) is 0 Å². The van der Waals surface area contributed by atoms with Gasteiger partial charge in [0, 0.05) is 23.1 Å². The molecule has 0 aliphatic rings. The number of nitro benzene ring substituents is 1. The molecule has 0 saturated heterocycles. The maximum atomic E-state index is 14.1. The van der Waals surface area contributed by atoms with E-state index in [1.807, 2.05) is 6.92 Å². The Balaban J connectivity index is 2.21. The number of rotatable bonds is 5. The fraction of sp³-hybridized carbons (Fsp3) is 0.133. The second kappa shape index (κ2) is 7.43. The van der Waals surface area contributed by atoms with Gasteiger partial charge < -0.3 is 5.32 Å². The molecule has 0 aliphatic carbocycles. The molecule has 0 aliphatic heterocycles. The molecule has 5 nitrogen and oxygen atoms in total. The van der Waals surface area contributed by atoms with E-state index >= 15 is 0 Å². The lowest BCUT2D eigenvalue weighted by molar-refractivity contribution is -0.384. The Labute approximate surface area is 141 Å². The number of carbonyl (C=O) groups excluding carboxylic acids is 1. The number of nitro groups is 1. The van der Waals surface area contributed by atoms with Crippen LogP contribution in [-0.4, -0.2) is 17.4 Å². The van der Waals surface area contributed by atoms with Crippen molar-refractivity contribution in [1.29, 1.82) is 0 Å². The largest absolute Gasteiger partial charge is 0.352 e. The summed E-state index contributed by atoms with van der Waals surface area (Å²) in [6.07, 6.45) is 0. The van der Waals surface area contributed by atoms with Crippen molar-refractivity contribution in [2.45, 2.75) is 16.7 Å². The van der Waals surface area contributed by atoms with Crippen LogP contribution >= 0.6 is 23.4 Å². The summed E-state index contributed by atoms with van der Waals surface area (Å²) in [5.74, 6) is -1.02. The third kappa shape index (κ3) is 4.00. The highest BCUT2D eigenvalue weighted by atomic mass is 35.5. The molecule has 0 fully saturated rings. The first-order valence-electron chi connectivity index (χ1n) is 6.62. The summed E-state index contributed by atoms with van der Waals surface area (Å²) >= 11 is 6.75. The summed E-state index contributed by atoms with van der Waals surface area (Å²) in [6, 6.07) is 9.06. The van der Waals surface area contributed by atoms with E-state index in [1.54, 1.807) is 24.3 Å². The smallest absolute Gasteiger partial charge is 0.290 e. The summed E-state index contributed by atoms with van der Waals surface area (Å²) in [5.41, 5.74) is 0.0264. The zero-order valence-corrected chi connectivity index (χ0v) is 13.6. The SMILES string of the molecule is CCNC(=O)c1ccc(Sc2ccc([N+](=O)[O-])c(Cl)c2F)cc1. The molecule has 2 aromatic carbocycles. The molecule has 0 atom stereocenters. The van der Waals surface area contributed by atoms with Crippen LogP contribution in [0.15, 0.2) is 46.2 Å². The Kier molecular flexibility index (Phi) is 5.57. The van der Waals surface area contributed by atoms with Crippen molar-refractivity contribution in [3.63, 3.8) is 0 Å². The highest BCUT2D eigenvalue weighted by Gasteiger charge is 2.20. The summed E-state index contributed by atoms with van der Waals surface area (Å²) in [7, 11) is 0. The lowest BCUT2D eigenvalue weighted by atomic mass is 10.2. The molecule has 2 rings (SSSR count). The summed E-state index contributed by atoms with van der Waals surface area (Å²) in [6.45, 7) is 2.35. The third-order valence-corrected chi connectivity index (χ3v) is 4.31. The van der Waals surface area contributed by atoms with Crippen molar-refractivity contribution in [3.05, 3.63) is 62.9 Å². The fourth-order valence-corrected chi connectivity index (χ4v) is 2.95. The molecule has 0 aromatic heterocycles. The molecule has 0 unspecified atom stereocenters. The second-order valence-electron chi connectivity index (χ2n) is 4.45. The van der Waals surface area contributed by atoms with Gasteiger partial charge in [-0.2, -0.15) is 0 Å². The van der Waals surface area contributed by atoms with Crippen LogP contribution in [0.1, 0.15) is 17.3 Å². The molecule has 0 heterocycles.